The van der Waals surface area contributed by atoms with E-state index in [1.54, 1.807) is 22.7 Å². The number of halogens is 3. The van der Waals surface area contributed by atoms with Crippen molar-refractivity contribution in [2.75, 3.05) is 13.1 Å². The zero-order chi connectivity index (χ0) is 22.6. The van der Waals surface area contributed by atoms with Gasteiger partial charge in [-0.25, -0.2) is 9.50 Å². The minimum absolute atomic E-state index is 0.102. The highest BCUT2D eigenvalue weighted by Crippen LogP contribution is 2.30. The van der Waals surface area contributed by atoms with Crippen LogP contribution in [-0.4, -0.2) is 53.3 Å². The summed E-state index contributed by atoms with van der Waals surface area (Å²) in [6.45, 7) is 7.04. The first-order valence-corrected chi connectivity index (χ1v) is 10.1. The lowest BCUT2D eigenvalue weighted by atomic mass is 9.92. The number of fused-ring (bicyclic) bond motifs is 1. The molecule has 0 saturated carbocycles. The maximum Gasteiger partial charge on any atom is 0.453 e. The molecule has 3 aromatic heterocycles. The second kappa shape index (κ2) is 7.31. The van der Waals surface area contributed by atoms with E-state index in [1.165, 1.54) is 6.20 Å². The Kier molecular flexibility index (Phi) is 5.01. The Bertz CT molecular complexity index is 1130. The number of likely N-dealkylation sites (tertiary alicyclic amines) is 1. The smallest absolute Gasteiger partial charge is 0.337 e. The van der Waals surface area contributed by atoms with Crippen LogP contribution in [0.15, 0.2) is 18.3 Å². The van der Waals surface area contributed by atoms with Crippen LogP contribution >= 0.6 is 0 Å². The molecule has 3 aromatic rings. The second-order valence-corrected chi connectivity index (χ2v) is 8.89. The van der Waals surface area contributed by atoms with Crippen LogP contribution in [0.2, 0.25) is 0 Å². The van der Waals surface area contributed by atoms with Gasteiger partial charge in [0.1, 0.15) is 5.69 Å². The van der Waals surface area contributed by atoms with Crippen molar-refractivity contribution in [2.45, 2.75) is 51.1 Å². The van der Waals surface area contributed by atoms with Gasteiger partial charge in [-0.3, -0.25) is 9.48 Å². The van der Waals surface area contributed by atoms with Crippen molar-refractivity contribution in [3.8, 4) is 0 Å². The lowest BCUT2D eigenvalue weighted by Crippen LogP contribution is -2.40. The van der Waals surface area contributed by atoms with Gasteiger partial charge in [-0.1, -0.05) is 20.8 Å². The number of piperidine rings is 1. The van der Waals surface area contributed by atoms with E-state index in [0.717, 1.165) is 23.1 Å². The number of aryl methyl sites for hydroxylation is 1. The van der Waals surface area contributed by atoms with Crippen LogP contribution in [0.1, 0.15) is 67.2 Å². The molecular weight excluding hydrogens is 411 g/mol. The molecule has 1 aliphatic heterocycles. The SMILES string of the molecule is Cn1nc(C(C)(C)C)cc1C(=O)N1CCC[C@@H](c2ccnc3nc(C(F)(F)F)nn23)C1. The van der Waals surface area contributed by atoms with E-state index in [2.05, 4.69) is 20.2 Å². The van der Waals surface area contributed by atoms with E-state index in [-0.39, 0.29) is 23.0 Å². The molecule has 11 heteroatoms. The predicted octanol–water partition coefficient (Wildman–Crippen LogP) is 3.19. The van der Waals surface area contributed by atoms with E-state index >= 15 is 0 Å². The molecule has 1 saturated heterocycles. The van der Waals surface area contributed by atoms with E-state index in [4.69, 9.17) is 0 Å². The molecule has 1 amide bonds. The third-order valence-electron chi connectivity index (χ3n) is 5.52. The number of aromatic nitrogens is 6. The first-order chi connectivity index (χ1) is 14.4. The van der Waals surface area contributed by atoms with Gasteiger partial charge in [-0.15, -0.1) is 5.10 Å². The fourth-order valence-electron chi connectivity index (χ4n) is 3.84. The first kappa shape index (κ1) is 21.3. The average molecular weight is 435 g/mol. The van der Waals surface area contributed by atoms with Gasteiger partial charge in [-0.05, 0) is 25.0 Å². The summed E-state index contributed by atoms with van der Waals surface area (Å²) in [5.74, 6) is -1.65. The Morgan fingerprint density at radius 2 is 1.94 bits per heavy atom. The van der Waals surface area contributed by atoms with Crippen LogP contribution in [0.5, 0.6) is 0 Å². The third-order valence-corrected chi connectivity index (χ3v) is 5.52. The summed E-state index contributed by atoms with van der Waals surface area (Å²) in [6.07, 6.45) is -1.77. The van der Waals surface area contributed by atoms with Gasteiger partial charge < -0.3 is 4.90 Å². The van der Waals surface area contributed by atoms with Crippen LogP contribution in [0.25, 0.3) is 5.78 Å². The summed E-state index contributed by atoms with van der Waals surface area (Å²) in [6, 6.07) is 3.45. The zero-order valence-electron chi connectivity index (χ0n) is 17.8. The second-order valence-electron chi connectivity index (χ2n) is 8.89. The summed E-state index contributed by atoms with van der Waals surface area (Å²) in [5.41, 5.74) is 1.69. The zero-order valence-corrected chi connectivity index (χ0v) is 17.8. The molecule has 1 aliphatic rings. The number of alkyl halides is 3. The van der Waals surface area contributed by atoms with Gasteiger partial charge in [0.2, 0.25) is 0 Å². The molecule has 4 heterocycles. The lowest BCUT2D eigenvalue weighted by Gasteiger charge is -2.32. The summed E-state index contributed by atoms with van der Waals surface area (Å²) >= 11 is 0. The number of nitrogens with zero attached hydrogens (tertiary/aromatic N) is 7. The molecule has 0 aliphatic carbocycles. The van der Waals surface area contributed by atoms with E-state index in [1.807, 2.05) is 26.8 Å². The van der Waals surface area contributed by atoms with Crippen LogP contribution in [0, 0.1) is 0 Å². The summed E-state index contributed by atoms with van der Waals surface area (Å²) in [4.78, 5) is 22.3. The Morgan fingerprint density at radius 1 is 1.19 bits per heavy atom. The Hall–Kier alpha value is -2.98. The number of carbonyl (C=O) groups excluding carboxylic acids is 1. The van der Waals surface area contributed by atoms with Crippen molar-refractivity contribution in [1.82, 2.24) is 34.3 Å². The van der Waals surface area contributed by atoms with E-state index in [0.29, 0.717) is 24.5 Å². The number of amides is 1. The van der Waals surface area contributed by atoms with Gasteiger partial charge in [0.05, 0.1) is 11.4 Å². The summed E-state index contributed by atoms with van der Waals surface area (Å²) in [5, 5.41) is 8.11. The minimum Gasteiger partial charge on any atom is -0.337 e. The van der Waals surface area contributed by atoms with Crippen molar-refractivity contribution in [2.24, 2.45) is 7.05 Å². The largest absolute Gasteiger partial charge is 0.453 e. The molecule has 1 atom stereocenters. The maximum absolute atomic E-state index is 13.2. The lowest BCUT2D eigenvalue weighted by molar-refractivity contribution is -0.144. The van der Waals surface area contributed by atoms with Crippen molar-refractivity contribution < 1.29 is 18.0 Å². The van der Waals surface area contributed by atoms with Crippen LogP contribution in [0.3, 0.4) is 0 Å². The number of hydrogen-bond donors (Lipinski definition) is 0. The highest BCUT2D eigenvalue weighted by molar-refractivity contribution is 5.92. The highest BCUT2D eigenvalue weighted by atomic mass is 19.4. The van der Waals surface area contributed by atoms with Crippen LogP contribution < -0.4 is 0 Å². The molecule has 0 radical (unpaired) electrons. The van der Waals surface area contributed by atoms with Gasteiger partial charge in [-0.2, -0.15) is 23.3 Å². The van der Waals surface area contributed by atoms with Crippen molar-refractivity contribution >= 4 is 11.7 Å². The topological polar surface area (TPSA) is 81.2 Å². The summed E-state index contributed by atoms with van der Waals surface area (Å²) in [7, 11) is 1.74. The fourth-order valence-corrected chi connectivity index (χ4v) is 3.84. The van der Waals surface area contributed by atoms with Gasteiger partial charge in [0.15, 0.2) is 0 Å². The number of hydrogen-bond acceptors (Lipinski definition) is 5. The van der Waals surface area contributed by atoms with Crippen molar-refractivity contribution in [3.05, 3.63) is 41.2 Å². The van der Waals surface area contributed by atoms with Crippen LogP contribution in [0.4, 0.5) is 13.2 Å². The maximum atomic E-state index is 13.2. The number of carbonyl (C=O) groups is 1. The van der Waals surface area contributed by atoms with Gasteiger partial charge >= 0.3 is 6.18 Å². The van der Waals surface area contributed by atoms with Gasteiger partial charge in [0, 0.05) is 37.7 Å². The Morgan fingerprint density at radius 3 is 2.58 bits per heavy atom. The van der Waals surface area contributed by atoms with E-state index in [9.17, 15) is 18.0 Å². The summed E-state index contributed by atoms with van der Waals surface area (Å²) < 4.78 is 41.9. The first-order valence-electron chi connectivity index (χ1n) is 10.1. The monoisotopic (exact) mass is 435 g/mol. The normalized spacial score (nSPS) is 18.0. The molecule has 0 unspecified atom stereocenters. The molecule has 4 rings (SSSR count). The molecule has 0 N–H and O–H groups in total. The third kappa shape index (κ3) is 4.00. The minimum atomic E-state index is -4.65. The predicted molar refractivity (Wildman–Crippen MR) is 106 cm³/mol. The molecule has 1 fully saturated rings. The molecule has 0 spiro atoms. The van der Waals surface area contributed by atoms with Crippen LogP contribution in [-0.2, 0) is 18.6 Å². The Labute approximate surface area is 177 Å². The fraction of sp³-hybridized carbons (Fsp3) is 0.550. The quantitative estimate of drug-likeness (QED) is 0.618. The molecule has 8 nitrogen and oxygen atoms in total. The van der Waals surface area contributed by atoms with Gasteiger partial charge in [0.25, 0.3) is 17.5 Å². The Balaban J connectivity index is 1.62. The highest BCUT2D eigenvalue weighted by Gasteiger charge is 2.37. The molecule has 31 heavy (non-hydrogen) atoms. The average Bonchev–Trinajstić information content (AvgIpc) is 3.30. The van der Waals surface area contributed by atoms with E-state index < -0.39 is 12.0 Å². The standard InChI is InChI=1S/C20H24F3N7O/c1-19(2,3)15-10-14(28(4)26-15)16(31)29-9-5-6-12(11-29)13-7-8-24-18-25-17(20(21,22)23)27-30(13)18/h7-8,10,12H,5-6,9,11H2,1-4H3/t12-/m1/s1. The molecule has 0 aromatic carbocycles. The van der Waals surface area contributed by atoms with Crippen molar-refractivity contribution in [3.63, 3.8) is 0 Å². The molecule has 0 bridgehead atoms. The van der Waals surface area contributed by atoms with Crippen molar-refractivity contribution in [1.29, 1.82) is 0 Å². The molecular formula is C20H24F3N7O. The molecule has 166 valence electrons. The number of rotatable bonds is 2.